The highest BCUT2D eigenvalue weighted by Gasteiger charge is 2.16. The largest absolute Gasteiger partial charge is 0.464 e. The first-order valence-corrected chi connectivity index (χ1v) is 7.65. The van der Waals surface area contributed by atoms with Crippen molar-refractivity contribution in [1.82, 2.24) is 15.0 Å². The van der Waals surface area contributed by atoms with Gasteiger partial charge in [0.2, 0.25) is 11.2 Å². The van der Waals surface area contributed by atoms with Gasteiger partial charge in [0.05, 0.1) is 6.61 Å². The van der Waals surface area contributed by atoms with E-state index in [2.05, 4.69) is 39.4 Å². The van der Waals surface area contributed by atoms with Gasteiger partial charge in [-0.25, -0.2) is 0 Å². The van der Waals surface area contributed by atoms with Crippen LogP contribution in [0.15, 0.2) is 17.5 Å². The summed E-state index contributed by atoms with van der Waals surface area (Å²) in [5, 5.41) is 2.23. The molecule has 0 fully saturated rings. The topological polar surface area (TPSA) is 51.1 Å². The fraction of sp³-hybridized carbons (Fsp3) is 0.462. The molecule has 0 amide bonds. The van der Waals surface area contributed by atoms with Crippen molar-refractivity contribution < 1.29 is 4.74 Å². The fourth-order valence-electron chi connectivity index (χ4n) is 1.73. The molecule has 2 heterocycles. The first-order chi connectivity index (χ1) is 9.60. The molecule has 2 aromatic rings. The number of hydrogen-bond donors (Lipinski definition) is 0. The summed E-state index contributed by atoms with van der Waals surface area (Å²) >= 11 is 7.66. The van der Waals surface area contributed by atoms with Gasteiger partial charge in [0.15, 0.2) is 0 Å². The molecule has 108 valence electrons. The van der Waals surface area contributed by atoms with Crippen LogP contribution >= 0.6 is 22.9 Å². The zero-order valence-corrected chi connectivity index (χ0v) is 13.3. The lowest BCUT2D eigenvalue weighted by molar-refractivity contribution is 0.311. The molecule has 0 aliphatic rings. The van der Waals surface area contributed by atoms with E-state index in [4.69, 9.17) is 16.3 Å². The zero-order chi connectivity index (χ0) is 14.5. The highest BCUT2D eigenvalue weighted by Crippen LogP contribution is 2.19. The Labute approximate surface area is 127 Å². The number of likely N-dealkylation sites (N-methyl/N-ethyl adjacent to an activating group) is 1. The summed E-state index contributed by atoms with van der Waals surface area (Å²) in [6.07, 6.45) is 0.932. The molecule has 0 aromatic carbocycles. The van der Waals surface area contributed by atoms with Crippen LogP contribution in [0, 0.1) is 0 Å². The second-order valence-electron chi connectivity index (χ2n) is 4.36. The van der Waals surface area contributed by atoms with Crippen LogP contribution < -0.4 is 9.64 Å². The van der Waals surface area contributed by atoms with Crippen molar-refractivity contribution in [3.63, 3.8) is 0 Å². The number of nitrogens with zero attached hydrogens (tertiary/aromatic N) is 4. The minimum Gasteiger partial charge on any atom is -0.464 e. The van der Waals surface area contributed by atoms with Crippen LogP contribution in [-0.4, -0.2) is 34.6 Å². The van der Waals surface area contributed by atoms with Gasteiger partial charge >= 0.3 is 6.01 Å². The normalized spacial score (nSPS) is 12.2. The van der Waals surface area contributed by atoms with E-state index in [1.54, 1.807) is 11.3 Å². The Morgan fingerprint density at radius 1 is 1.40 bits per heavy atom. The molecule has 5 nitrogen and oxygen atoms in total. The second-order valence-corrected chi connectivity index (χ2v) is 5.73. The van der Waals surface area contributed by atoms with Crippen molar-refractivity contribution in [3.05, 3.63) is 27.7 Å². The molecular weight excluding hydrogens is 296 g/mol. The number of anilines is 1. The molecule has 0 N–H and O–H groups in total. The molecule has 1 unspecified atom stereocenters. The number of thiophene rings is 1. The third kappa shape index (κ3) is 3.80. The molecule has 0 aliphatic carbocycles. The standard InChI is InChI=1S/C13H17ClN4OS/c1-4-19-13-16-11(14)15-12(17-13)18(3)9(2)8-10-6-5-7-20-10/h5-7,9H,4,8H2,1-3H3. The maximum atomic E-state index is 5.91. The lowest BCUT2D eigenvalue weighted by Crippen LogP contribution is -2.32. The maximum absolute atomic E-state index is 5.91. The molecule has 0 saturated heterocycles. The van der Waals surface area contributed by atoms with Crippen molar-refractivity contribution in [3.8, 4) is 6.01 Å². The van der Waals surface area contributed by atoms with E-state index in [9.17, 15) is 0 Å². The number of hydrogen-bond acceptors (Lipinski definition) is 6. The van der Waals surface area contributed by atoms with Gasteiger partial charge in [-0.3, -0.25) is 0 Å². The summed E-state index contributed by atoms with van der Waals surface area (Å²) in [7, 11) is 1.94. The summed E-state index contributed by atoms with van der Waals surface area (Å²) < 4.78 is 5.29. The van der Waals surface area contributed by atoms with E-state index in [1.165, 1.54) is 4.88 Å². The van der Waals surface area contributed by atoms with Gasteiger partial charge in [-0.1, -0.05) is 6.07 Å². The van der Waals surface area contributed by atoms with Gasteiger partial charge in [0.1, 0.15) is 0 Å². The van der Waals surface area contributed by atoms with E-state index in [-0.39, 0.29) is 17.3 Å². The number of rotatable bonds is 6. The van der Waals surface area contributed by atoms with Crippen LogP contribution in [0.2, 0.25) is 5.28 Å². The number of halogens is 1. The zero-order valence-electron chi connectivity index (χ0n) is 11.7. The van der Waals surface area contributed by atoms with E-state index in [0.29, 0.717) is 12.6 Å². The summed E-state index contributed by atoms with van der Waals surface area (Å²) in [5.74, 6) is 0.525. The minimum absolute atomic E-state index is 0.147. The van der Waals surface area contributed by atoms with Crippen LogP contribution in [0.1, 0.15) is 18.7 Å². The predicted molar refractivity (Wildman–Crippen MR) is 81.9 cm³/mol. The van der Waals surface area contributed by atoms with Gasteiger partial charge in [-0.05, 0) is 36.9 Å². The van der Waals surface area contributed by atoms with Crippen LogP contribution in [0.3, 0.4) is 0 Å². The molecule has 7 heteroatoms. The lowest BCUT2D eigenvalue weighted by Gasteiger charge is -2.24. The smallest absolute Gasteiger partial charge is 0.322 e. The second kappa shape index (κ2) is 6.85. The van der Waals surface area contributed by atoms with Gasteiger partial charge < -0.3 is 9.64 Å². The highest BCUT2D eigenvalue weighted by atomic mass is 35.5. The van der Waals surface area contributed by atoms with Gasteiger partial charge in [-0.2, -0.15) is 15.0 Å². The van der Waals surface area contributed by atoms with Crippen LogP contribution in [0.25, 0.3) is 0 Å². The van der Waals surface area contributed by atoms with Crippen molar-refractivity contribution >= 4 is 28.9 Å². The molecule has 2 aromatic heterocycles. The fourth-order valence-corrected chi connectivity index (χ4v) is 2.70. The molecule has 1 atom stereocenters. The third-order valence-electron chi connectivity index (χ3n) is 2.90. The summed E-state index contributed by atoms with van der Waals surface area (Å²) in [5.41, 5.74) is 0. The monoisotopic (exact) mass is 312 g/mol. The molecule has 0 bridgehead atoms. The van der Waals surface area contributed by atoms with Crippen molar-refractivity contribution in [1.29, 1.82) is 0 Å². The van der Waals surface area contributed by atoms with E-state index >= 15 is 0 Å². The number of aromatic nitrogens is 3. The first kappa shape index (κ1) is 15.0. The summed E-state index contributed by atoms with van der Waals surface area (Å²) in [6, 6.07) is 4.69. The Hall–Kier alpha value is -1.40. The Balaban J connectivity index is 2.13. The highest BCUT2D eigenvalue weighted by molar-refractivity contribution is 7.09. The molecule has 0 spiro atoms. The van der Waals surface area contributed by atoms with Crippen LogP contribution in [-0.2, 0) is 6.42 Å². The predicted octanol–water partition coefficient (Wildman–Crippen LogP) is 3.05. The summed E-state index contributed by atoms with van der Waals surface area (Å²) in [6.45, 7) is 4.49. The Bertz CT molecular complexity index is 549. The molecular formula is C13H17ClN4OS. The first-order valence-electron chi connectivity index (χ1n) is 6.39. The van der Waals surface area contributed by atoms with Crippen molar-refractivity contribution in [2.24, 2.45) is 0 Å². The average molecular weight is 313 g/mol. The van der Waals surface area contributed by atoms with E-state index in [1.807, 2.05) is 18.9 Å². The van der Waals surface area contributed by atoms with Crippen LogP contribution in [0.5, 0.6) is 6.01 Å². The van der Waals surface area contributed by atoms with E-state index in [0.717, 1.165) is 6.42 Å². The molecule has 0 saturated carbocycles. The van der Waals surface area contributed by atoms with Gasteiger partial charge in [-0.15, -0.1) is 11.3 Å². The molecule has 2 rings (SSSR count). The Morgan fingerprint density at radius 2 is 2.20 bits per heavy atom. The third-order valence-corrected chi connectivity index (χ3v) is 3.97. The Kier molecular flexibility index (Phi) is 5.14. The van der Waals surface area contributed by atoms with Crippen LogP contribution in [0.4, 0.5) is 5.95 Å². The van der Waals surface area contributed by atoms with Crippen molar-refractivity contribution in [2.45, 2.75) is 26.3 Å². The quantitative estimate of drug-likeness (QED) is 0.820. The average Bonchev–Trinajstić information content (AvgIpc) is 2.90. The SMILES string of the molecule is CCOc1nc(Cl)nc(N(C)C(C)Cc2cccs2)n1. The Morgan fingerprint density at radius 3 is 2.85 bits per heavy atom. The number of ether oxygens (including phenoxy) is 1. The molecule has 0 aliphatic heterocycles. The molecule has 0 radical (unpaired) electrons. The lowest BCUT2D eigenvalue weighted by atomic mass is 10.2. The van der Waals surface area contributed by atoms with Gasteiger partial charge in [0.25, 0.3) is 0 Å². The maximum Gasteiger partial charge on any atom is 0.322 e. The van der Waals surface area contributed by atoms with E-state index < -0.39 is 0 Å². The van der Waals surface area contributed by atoms with Gasteiger partial charge in [0, 0.05) is 24.4 Å². The molecule has 20 heavy (non-hydrogen) atoms. The summed E-state index contributed by atoms with van der Waals surface area (Å²) in [4.78, 5) is 15.7. The minimum atomic E-state index is 0.147. The van der Waals surface area contributed by atoms with Crippen molar-refractivity contribution in [2.75, 3.05) is 18.6 Å².